The van der Waals surface area contributed by atoms with Crippen LogP contribution in [0.2, 0.25) is 0 Å². The minimum absolute atomic E-state index is 0.143. The second-order valence-electron chi connectivity index (χ2n) is 5.37. The van der Waals surface area contributed by atoms with Crippen LogP contribution in [0.25, 0.3) is 10.2 Å². The molecule has 7 nitrogen and oxygen atoms in total. The first-order valence-corrected chi connectivity index (χ1v) is 8.23. The predicted molar refractivity (Wildman–Crippen MR) is 95.0 cm³/mol. The van der Waals surface area contributed by atoms with Crippen molar-refractivity contribution in [3.05, 3.63) is 57.5 Å². The van der Waals surface area contributed by atoms with Gasteiger partial charge in [-0.15, -0.1) is 11.3 Å². The number of benzene rings is 1. The second kappa shape index (κ2) is 6.86. The normalized spacial score (nSPS) is 10.6. The number of thiophene rings is 1. The van der Waals surface area contributed by atoms with Gasteiger partial charge in [0, 0.05) is 10.6 Å². The van der Waals surface area contributed by atoms with Gasteiger partial charge in [-0.1, -0.05) is 0 Å². The van der Waals surface area contributed by atoms with Crippen LogP contribution >= 0.6 is 11.3 Å². The number of ether oxygens (including phenoxy) is 1. The molecule has 0 fully saturated rings. The number of hydrogen-bond acceptors (Lipinski definition) is 6. The zero-order chi connectivity index (χ0) is 18.0. The SMILES string of the molecule is COC(=O)c1ccc(NC(=O)Cn2cnc3sc(C)cc3c2=O)cc1. The van der Waals surface area contributed by atoms with Crippen molar-refractivity contribution in [1.82, 2.24) is 9.55 Å². The average molecular weight is 357 g/mol. The fourth-order valence-electron chi connectivity index (χ4n) is 2.36. The molecule has 25 heavy (non-hydrogen) atoms. The third-order valence-electron chi connectivity index (χ3n) is 3.55. The Morgan fingerprint density at radius 2 is 2.00 bits per heavy atom. The molecule has 0 atom stereocenters. The molecule has 3 aromatic rings. The van der Waals surface area contributed by atoms with Crippen LogP contribution in [-0.4, -0.2) is 28.5 Å². The van der Waals surface area contributed by atoms with Crippen molar-refractivity contribution in [2.75, 3.05) is 12.4 Å². The highest BCUT2D eigenvalue weighted by Gasteiger charge is 2.11. The summed E-state index contributed by atoms with van der Waals surface area (Å²) >= 11 is 1.44. The molecule has 0 saturated heterocycles. The van der Waals surface area contributed by atoms with Gasteiger partial charge in [-0.25, -0.2) is 9.78 Å². The van der Waals surface area contributed by atoms with Gasteiger partial charge >= 0.3 is 5.97 Å². The minimum atomic E-state index is -0.449. The summed E-state index contributed by atoms with van der Waals surface area (Å²) in [6.45, 7) is 1.76. The Morgan fingerprint density at radius 1 is 1.28 bits per heavy atom. The monoisotopic (exact) mass is 357 g/mol. The molecule has 8 heteroatoms. The van der Waals surface area contributed by atoms with Crippen molar-refractivity contribution < 1.29 is 14.3 Å². The van der Waals surface area contributed by atoms with Gasteiger partial charge in [0.05, 0.1) is 24.4 Å². The molecule has 1 N–H and O–H groups in total. The molecule has 0 bridgehead atoms. The molecule has 0 aliphatic rings. The highest BCUT2D eigenvalue weighted by Crippen LogP contribution is 2.19. The maximum Gasteiger partial charge on any atom is 0.337 e. The van der Waals surface area contributed by atoms with Crippen LogP contribution in [0, 0.1) is 6.92 Å². The number of fused-ring (bicyclic) bond motifs is 1. The summed E-state index contributed by atoms with van der Waals surface area (Å²) in [5.41, 5.74) is 0.663. The molecule has 0 saturated carbocycles. The van der Waals surface area contributed by atoms with E-state index in [1.807, 2.05) is 6.92 Å². The summed E-state index contributed by atoms with van der Waals surface area (Å²) in [4.78, 5) is 41.8. The molecule has 0 unspecified atom stereocenters. The fraction of sp³-hybridized carbons (Fsp3) is 0.176. The minimum Gasteiger partial charge on any atom is -0.465 e. The molecule has 2 aromatic heterocycles. The Balaban J connectivity index is 1.73. The van der Waals surface area contributed by atoms with Crippen LogP contribution in [0.15, 0.2) is 41.5 Å². The van der Waals surface area contributed by atoms with Gasteiger partial charge < -0.3 is 10.1 Å². The largest absolute Gasteiger partial charge is 0.465 e. The van der Waals surface area contributed by atoms with E-state index >= 15 is 0 Å². The first-order valence-electron chi connectivity index (χ1n) is 7.42. The maximum atomic E-state index is 12.4. The number of carbonyl (C=O) groups is 2. The predicted octanol–water partition coefficient (Wildman–Crippen LogP) is 2.19. The van der Waals surface area contributed by atoms with Crippen molar-refractivity contribution in [1.29, 1.82) is 0 Å². The lowest BCUT2D eigenvalue weighted by molar-refractivity contribution is -0.116. The summed E-state index contributed by atoms with van der Waals surface area (Å²) in [7, 11) is 1.30. The molecule has 0 spiro atoms. The Hall–Kier alpha value is -3.00. The Morgan fingerprint density at radius 3 is 2.68 bits per heavy atom. The van der Waals surface area contributed by atoms with E-state index in [0.29, 0.717) is 21.5 Å². The summed E-state index contributed by atoms with van der Waals surface area (Å²) in [5, 5.41) is 3.19. The number of methoxy groups -OCH3 is 1. The fourth-order valence-corrected chi connectivity index (χ4v) is 3.19. The molecular weight excluding hydrogens is 342 g/mol. The summed E-state index contributed by atoms with van der Waals surface area (Å²) in [6, 6.07) is 8.06. The number of anilines is 1. The standard InChI is InChI=1S/C17H15N3O4S/c1-10-7-13-15(25-10)18-9-20(16(13)22)8-14(21)19-12-5-3-11(4-6-12)17(23)24-2/h3-7,9H,8H2,1-2H3,(H,19,21). The molecule has 2 heterocycles. The summed E-state index contributed by atoms with van der Waals surface area (Å²) in [6.07, 6.45) is 1.38. The van der Waals surface area contributed by atoms with Crippen molar-refractivity contribution >= 4 is 39.1 Å². The van der Waals surface area contributed by atoms with E-state index in [1.165, 1.54) is 29.3 Å². The molecule has 1 aromatic carbocycles. The van der Waals surface area contributed by atoms with Crippen molar-refractivity contribution in [2.45, 2.75) is 13.5 Å². The van der Waals surface area contributed by atoms with Crippen molar-refractivity contribution in [3.63, 3.8) is 0 Å². The molecule has 0 aliphatic heterocycles. The first-order chi connectivity index (χ1) is 12.0. The molecule has 0 aliphatic carbocycles. The molecular formula is C17H15N3O4S. The number of esters is 1. The summed E-state index contributed by atoms with van der Waals surface area (Å²) < 4.78 is 5.89. The highest BCUT2D eigenvalue weighted by molar-refractivity contribution is 7.18. The molecule has 0 radical (unpaired) electrons. The van der Waals surface area contributed by atoms with Crippen molar-refractivity contribution in [3.8, 4) is 0 Å². The lowest BCUT2D eigenvalue weighted by Crippen LogP contribution is -2.27. The summed E-state index contributed by atoms with van der Waals surface area (Å²) in [5.74, 6) is -0.809. The van der Waals surface area contributed by atoms with E-state index < -0.39 is 5.97 Å². The number of hydrogen-bond donors (Lipinski definition) is 1. The van der Waals surface area contributed by atoms with Gasteiger partial charge in [0.15, 0.2) is 0 Å². The van der Waals surface area contributed by atoms with Gasteiger partial charge in [0.25, 0.3) is 5.56 Å². The van der Waals surface area contributed by atoms with E-state index in [-0.39, 0.29) is 18.0 Å². The second-order valence-corrected chi connectivity index (χ2v) is 6.61. The topological polar surface area (TPSA) is 90.3 Å². The molecule has 3 rings (SSSR count). The number of nitrogens with zero attached hydrogens (tertiary/aromatic N) is 2. The number of rotatable bonds is 4. The smallest absolute Gasteiger partial charge is 0.337 e. The number of nitrogens with one attached hydrogen (secondary N) is 1. The van der Waals surface area contributed by atoms with Gasteiger partial charge in [-0.05, 0) is 37.3 Å². The van der Waals surface area contributed by atoms with Gasteiger partial charge in [-0.2, -0.15) is 0 Å². The Kier molecular flexibility index (Phi) is 4.62. The Bertz CT molecular complexity index is 1000. The Labute approximate surface area is 146 Å². The number of amides is 1. The maximum absolute atomic E-state index is 12.4. The molecule has 1 amide bonds. The molecule has 128 valence electrons. The third kappa shape index (κ3) is 3.58. The van der Waals surface area contributed by atoms with Crippen LogP contribution in [-0.2, 0) is 16.1 Å². The number of aryl methyl sites for hydroxylation is 1. The lowest BCUT2D eigenvalue weighted by atomic mass is 10.2. The average Bonchev–Trinajstić information content (AvgIpc) is 2.99. The van der Waals surface area contributed by atoms with Crippen LogP contribution < -0.4 is 10.9 Å². The van der Waals surface area contributed by atoms with E-state index in [0.717, 1.165) is 4.88 Å². The highest BCUT2D eigenvalue weighted by atomic mass is 32.1. The van der Waals surface area contributed by atoms with Gasteiger partial charge in [0.1, 0.15) is 11.4 Å². The van der Waals surface area contributed by atoms with E-state index in [2.05, 4.69) is 15.0 Å². The van der Waals surface area contributed by atoms with Crippen LogP contribution in [0.5, 0.6) is 0 Å². The first kappa shape index (κ1) is 16.8. The van der Waals surface area contributed by atoms with Crippen LogP contribution in [0.1, 0.15) is 15.2 Å². The van der Waals surface area contributed by atoms with E-state index in [9.17, 15) is 14.4 Å². The van der Waals surface area contributed by atoms with Crippen LogP contribution in [0.4, 0.5) is 5.69 Å². The third-order valence-corrected chi connectivity index (χ3v) is 4.50. The van der Waals surface area contributed by atoms with E-state index in [1.54, 1.807) is 30.3 Å². The zero-order valence-electron chi connectivity index (χ0n) is 13.6. The zero-order valence-corrected chi connectivity index (χ0v) is 14.4. The number of carbonyl (C=O) groups excluding carboxylic acids is 2. The van der Waals surface area contributed by atoms with Crippen molar-refractivity contribution in [2.24, 2.45) is 0 Å². The van der Waals surface area contributed by atoms with Gasteiger partial charge in [-0.3, -0.25) is 14.2 Å². The lowest BCUT2D eigenvalue weighted by Gasteiger charge is -2.07. The van der Waals surface area contributed by atoms with E-state index in [4.69, 9.17) is 0 Å². The van der Waals surface area contributed by atoms with Gasteiger partial charge in [0.2, 0.25) is 5.91 Å². The number of aromatic nitrogens is 2. The quantitative estimate of drug-likeness (QED) is 0.723. The van der Waals surface area contributed by atoms with Crippen LogP contribution in [0.3, 0.4) is 0 Å².